The average Bonchev–Trinajstić information content (AvgIpc) is 3.06. The molecule has 7 heteroatoms. The molecule has 0 saturated carbocycles. The number of nitrogens with one attached hydrogen (secondary N) is 2. The first-order valence-electron chi connectivity index (χ1n) is 8.55. The molecule has 0 spiro atoms. The van der Waals surface area contributed by atoms with Crippen LogP contribution in [0.4, 0.5) is 10.7 Å². The van der Waals surface area contributed by atoms with E-state index in [1.54, 1.807) is 0 Å². The van der Waals surface area contributed by atoms with Gasteiger partial charge in [0.15, 0.2) is 5.11 Å². The Balaban J connectivity index is 1.79. The van der Waals surface area contributed by atoms with E-state index < -0.39 is 5.97 Å². The summed E-state index contributed by atoms with van der Waals surface area (Å²) in [5, 5.41) is 7.37. The zero-order valence-electron chi connectivity index (χ0n) is 15.4. The molecule has 0 fully saturated rings. The lowest BCUT2D eigenvalue weighted by molar-refractivity contribution is 0.0602. The first-order chi connectivity index (χ1) is 13.5. The molecule has 0 aliphatic heterocycles. The Kier molecular flexibility index (Phi) is 6.83. The van der Waals surface area contributed by atoms with Gasteiger partial charge in [-0.05, 0) is 64.4 Å². The molecule has 2 N–H and O–H groups in total. The fourth-order valence-electron chi connectivity index (χ4n) is 2.66. The molecule has 1 heterocycles. The quantitative estimate of drug-likeness (QED) is 0.350. The predicted octanol–water partition coefficient (Wildman–Crippen LogP) is 6.01. The standard InChI is InChI=1S/C21H19BrN2O2S2/c1-13-8-9-18(17(22)10-13)23-21(27)24-19-16(20(25)26-2)12-15(28-19)11-14-6-4-3-5-7-14/h3-10,12H,11H2,1-2H3,(H2,23,24,27). The van der Waals surface area contributed by atoms with Crippen molar-refractivity contribution in [1.29, 1.82) is 0 Å². The van der Waals surface area contributed by atoms with Gasteiger partial charge in [-0.3, -0.25) is 0 Å². The average molecular weight is 475 g/mol. The number of hydrogen-bond acceptors (Lipinski definition) is 4. The monoisotopic (exact) mass is 474 g/mol. The van der Waals surface area contributed by atoms with Gasteiger partial charge in [0, 0.05) is 15.8 Å². The highest BCUT2D eigenvalue weighted by Gasteiger charge is 2.18. The van der Waals surface area contributed by atoms with Gasteiger partial charge in [-0.15, -0.1) is 11.3 Å². The highest BCUT2D eigenvalue weighted by molar-refractivity contribution is 9.10. The fraction of sp³-hybridized carbons (Fsp3) is 0.143. The van der Waals surface area contributed by atoms with Crippen LogP contribution >= 0.6 is 39.5 Å². The minimum atomic E-state index is -0.391. The lowest BCUT2D eigenvalue weighted by atomic mass is 10.1. The summed E-state index contributed by atoms with van der Waals surface area (Å²) in [5.41, 5.74) is 3.65. The maximum atomic E-state index is 12.2. The normalized spacial score (nSPS) is 10.4. The third-order valence-corrected chi connectivity index (χ3v) is 5.92. The molecule has 0 aliphatic carbocycles. The van der Waals surface area contributed by atoms with Gasteiger partial charge in [-0.25, -0.2) is 4.79 Å². The Labute approximate surface area is 182 Å². The number of thiocarbonyl (C=S) groups is 1. The van der Waals surface area contributed by atoms with Crippen LogP contribution in [0.5, 0.6) is 0 Å². The topological polar surface area (TPSA) is 50.4 Å². The maximum absolute atomic E-state index is 12.2. The Bertz CT molecular complexity index is 1000. The van der Waals surface area contributed by atoms with E-state index in [2.05, 4.69) is 38.7 Å². The summed E-state index contributed by atoms with van der Waals surface area (Å²) >= 11 is 10.5. The zero-order valence-corrected chi connectivity index (χ0v) is 18.6. The number of benzene rings is 2. The molecule has 0 aliphatic rings. The molecule has 0 radical (unpaired) electrons. The Hall–Kier alpha value is -2.22. The molecular weight excluding hydrogens is 456 g/mol. The number of anilines is 2. The van der Waals surface area contributed by atoms with Gasteiger partial charge in [0.05, 0.1) is 18.4 Å². The number of rotatable bonds is 5. The molecule has 0 bridgehead atoms. The van der Waals surface area contributed by atoms with E-state index in [4.69, 9.17) is 17.0 Å². The fourth-order valence-corrected chi connectivity index (χ4v) is 4.61. The number of hydrogen-bond donors (Lipinski definition) is 2. The second-order valence-electron chi connectivity index (χ2n) is 6.17. The SMILES string of the molecule is COC(=O)c1cc(Cc2ccccc2)sc1NC(=S)Nc1ccc(C)cc1Br. The van der Waals surface area contributed by atoms with Gasteiger partial charge >= 0.3 is 5.97 Å². The number of aryl methyl sites for hydroxylation is 1. The molecule has 0 unspecified atom stereocenters. The largest absolute Gasteiger partial charge is 0.465 e. The van der Waals surface area contributed by atoms with Gasteiger partial charge in [-0.2, -0.15) is 0 Å². The highest BCUT2D eigenvalue weighted by Crippen LogP contribution is 2.31. The lowest BCUT2D eigenvalue weighted by Crippen LogP contribution is -2.20. The first-order valence-corrected chi connectivity index (χ1v) is 10.6. The van der Waals surface area contributed by atoms with Gasteiger partial charge in [0.25, 0.3) is 0 Å². The molecule has 3 rings (SSSR count). The summed E-state index contributed by atoms with van der Waals surface area (Å²) < 4.78 is 5.85. The summed E-state index contributed by atoms with van der Waals surface area (Å²) in [4.78, 5) is 13.3. The van der Waals surface area contributed by atoms with Crippen molar-refractivity contribution in [2.24, 2.45) is 0 Å². The zero-order chi connectivity index (χ0) is 20.1. The summed E-state index contributed by atoms with van der Waals surface area (Å²) in [6.07, 6.45) is 0.737. The minimum Gasteiger partial charge on any atom is -0.465 e. The van der Waals surface area contributed by atoms with E-state index in [1.165, 1.54) is 24.0 Å². The smallest absolute Gasteiger partial charge is 0.340 e. The third kappa shape index (κ3) is 5.19. The van der Waals surface area contributed by atoms with Crippen LogP contribution in [-0.2, 0) is 11.2 Å². The van der Waals surface area contributed by atoms with E-state index in [0.717, 1.165) is 27.0 Å². The molecule has 2 aromatic carbocycles. The summed E-state index contributed by atoms with van der Waals surface area (Å²) in [6.45, 7) is 2.02. The van der Waals surface area contributed by atoms with Crippen LogP contribution in [0.25, 0.3) is 0 Å². The van der Waals surface area contributed by atoms with Gasteiger partial charge in [-0.1, -0.05) is 36.4 Å². The van der Waals surface area contributed by atoms with Crippen LogP contribution in [0.2, 0.25) is 0 Å². The number of carbonyl (C=O) groups is 1. The van der Waals surface area contributed by atoms with E-state index >= 15 is 0 Å². The summed E-state index contributed by atoms with van der Waals surface area (Å²) in [6, 6.07) is 17.9. The number of esters is 1. The van der Waals surface area contributed by atoms with Crippen LogP contribution in [0.15, 0.2) is 59.1 Å². The van der Waals surface area contributed by atoms with Gasteiger partial charge in [0.2, 0.25) is 0 Å². The van der Waals surface area contributed by atoms with E-state index in [1.807, 2.05) is 49.4 Å². The highest BCUT2D eigenvalue weighted by atomic mass is 79.9. The molecule has 3 aromatic rings. The lowest BCUT2D eigenvalue weighted by Gasteiger charge is -2.12. The minimum absolute atomic E-state index is 0.391. The van der Waals surface area contributed by atoms with Crippen molar-refractivity contribution in [2.45, 2.75) is 13.3 Å². The Morgan fingerprint density at radius 2 is 1.89 bits per heavy atom. The molecular formula is C21H19BrN2O2S2. The van der Waals surface area contributed by atoms with Gasteiger partial charge < -0.3 is 15.4 Å². The first kappa shape index (κ1) is 20.5. The molecule has 0 amide bonds. The predicted molar refractivity (Wildman–Crippen MR) is 124 cm³/mol. The number of thiophene rings is 1. The van der Waals surface area contributed by atoms with Crippen LogP contribution in [-0.4, -0.2) is 18.2 Å². The summed E-state index contributed by atoms with van der Waals surface area (Å²) in [5.74, 6) is -0.391. The second-order valence-corrected chi connectivity index (χ2v) is 8.57. The van der Waals surface area contributed by atoms with Crippen molar-refractivity contribution < 1.29 is 9.53 Å². The van der Waals surface area contributed by atoms with Crippen LogP contribution < -0.4 is 10.6 Å². The van der Waals surface area contributed by atoms with Gasteiger partial charge in [0.1, 0.15) is 5.00 Å². The number of methoxy groups -OCH3 is 1. The van der Waals surface area contributed by atoms with Crippen molar-refractivity contribution in [3.63, 3.8) is 0 Å². The number of carbonyl (C=O) groups excluding carboxylic acids is 1. The molecule has 144 valence electrons. The van der Waals surface area contributed by atoms with Crippen molar-refractivity contribution in [3.8, 4) is 0 Å². The van der Waals surface area contributed by atoms with E-state index in [9.17, 15) is 4.79 Å². The van der Waals surface area contributed by atoms with Crippen LogP contribution in [0.3, 0.4) is 0 Å². The number of halogens is 1. The third-order valence-electron chi connectivity index (χ3n) is 4.01. The molecule has 0 atom stereocenters. The molecule has 28 heavy (non-hydrogen) atoms. The Morgan fingerprint density at radius 3 is 2.57 bits per heavy atom. The van der Waals surface area contributed by atoms with Crippen molar-refractivity contribution in [2.75, 3.05) is 17.7 Å². The van der Waals surface area contributed by atoms with Crippen molar-refractivity contribution in [3.05, 3.63) is 80.6 Å². The molecule has 4 nitrogen and oxygen atoms in total. The van der Waals surface area contributed by atoms with E-state index in [0.29, 0.717) is 15.7 Å². The van der Waals surface area contributed by atoms with Crippen LogP contribution in [0.1, 0.15) is 26.4 Å². The summed E-state index contributed by atoms with van der Waals surface area (Å²) in [7, 11) is 1.38. The molecule has 0 saturated heterocycles. The van der Waals surface area contributed by atoms with Crippen molar-refractivity contribution >= 4 is 61.3 Å². The molecule has 1 aromatic heterocycles. The second kappa shape index (κ2) is 9.32. The van der Waals surface area contributed by atoms with E-state index in [-0.39, 0.29) is 0 Å². The van der Waals surface area contributed by atoms with Crippen LogP contribution in [0, 0.1) is 6.92 Å². The van der Waals surface area contributed by atoms with Crippen molar-refractivity contribution in [1.82, 2.24) is 0 Å². The maximum Gasteiger partial charge on any atom is 0.340 e. The number of ether oxygens (including phenoxy) is 1. The Morgan fingerprint density at radius 1 is 1.14 bits per heavy atom.